The molecule has 0 bridgehead atoms. The average Bonchev–Trinajstić information content (AvgIpc) is 2.43. The van der Waals surface area contributed by atoms with E-state index in [1.165, 1.54) is 16.5 Å². The zero-order valence-electron chi connectivity index (χ0n) is 11.7. The van der Waals surface area contributed by atoms with Crippen molar-refractivity contribution in [3.05, 3.63) is 42.5 Å². The normalized spacial score (nSPS) is 10.6. The maximum atomic E-state index is 11.0. The van der Waals surface area contributed by atoms with Gasteiger partial charge in [0.25, 0.3) is 0 Å². The van der Waals surface area contributed by atoms with Crippen LogP contribution in [0, 0.1) is 0 Å². The first-order valence-corrected chi connectivity index (χ1v) is 6.94. The highest BCUT2D eigenvalue weighted by Gasteiger charge is 2.08. The summed E-state index contributed by atoms with van der Waals surface area (Å²) in [7, 11) is 0. The predicted octanol–water partition coefficient (Wildman–Crippen LogP) is 4.04. The van der Waals surface area contributed by atoms with Crippen LogP contribution in [0.4, 0.5) is 5.69 Å². The lowest BCUT2D eigenvalue weighted by atomic mass is 10.1. The first-order chi connectivity index (χ1) is 9.22. The highest BCUT2D eigenvalue weighted by molar-refractivity contribution is 5.94. The van der Waals surface area contributed by atoms with Crippen LogP contribution in [0.1, 0.15) is 26.7 Å². The number of carbonyl (C=O) groups is 1. The molecule has 100 valence electrons. The smallest absolute Gasteiger partial charge is 0.129 e. The maximum absolute atomic E-state index is 11.0. The molecule has 2 nitrogen and oxygen atoms in total. The van der Waals surface area contributed by atoms with Crippen molar-refractivity contribution in [3.63, 3.8) is 0 Å². The molecule has 2 aromatic carbocycles. The van der Waals surface area contributed by atoms with Gasteiger partial charge in [0.1, 0.15) is 5.78 Å². The van der Waals surface area contributed by atoms with E-state index in [0.717, 1.165) is 19.5 Å². The topological polar surface area (TPSA) is 20.3 Å². The standard InChI is InChI=1S/C17H21NO/c1-3-18(13-7-8-14(2)19)17-12-6-10-15-9-4-5-11-16(15)17/h4-6,9-12H,3,7-8,13H2,1-2H3. The zero-order valence-corrected chi connectivity index (χ0v) is 11.7. The quantitative estimate of drug-likeness (QED) is 0.776. The van der Waals surface area contributed by atoms with Crippen LogP contribution < -0.4 is 4.90 Å². The highest BCUT2D eigenvalue weighted by Crippen LogP contribution is 2.26. The molecule has 0 aliphatic rings. The van der Waals surface area contributed by atoms with Gasteiger partial charge in [-0.25, -0.2) is 0 Å². The van der Waals surface area contributed by atoms with Crippen molar-refractivity contribution in [2.75, 3.05) is 18.0 Å². The first-order valence-electron chi connectivity index (χ1n) is 6.94. The Morgan fingerprint density at radius 3 is 2.58 bits per heavy atom. The zero-order chi connectivity index (χ0) is 13.7. The molecule has 0 atom stereocenters. The van der Waals surface area contributed by atoms with Crippen LogP contribution in [-0.2, 0) is 4.79 Å². The van der Waals surface area contributed by atoms with Crippen molar-refractivity contribution in [1.29, 1.82) is 0 Å². The number of hydrogen-bond acceptors (Lipinski definition) is 2. The van der Waals surface area contributed by atoms with E-state index in [1.54, 1.807) is 6.92 Å². The van der Waals surface area contributed by atoms with Crippen LogP contribution in [0.3, 0.4) is 0 Å². The Labute approximate surface area is 115 Å². The van der Waals surface area contributed by atoms with E-state index >= 15 is 0 Å². The van der Waals surface area contributed by atoms with E-state index in [1.807, 2.05) is 0 Å². The summed E-state index contributed by atoms with van der Waals surface area (Å²) in [6.07, 6.45) is 1.59. The van der Waals surface area contributed by atoms with Gasteiger partial charge in [0.05, 0.1) is 0 Å². The van der Waals surface area contributed by atoms with Crippen molar-refractivity contribution >= 4 is 22.2 Å². The molecule has 0 heterocycles. The summed E-state index contributed by atoms with van der Waals surface area (Å²) in [4.78, 5) is 13.4. The fourth-order valence-corrected chi connectivity index (χ4v) is 2.45. The van der Waals surface area contributed by atoms with Crippen molar-refractivity contribution in [1.82, 2.24) is 0 Å². The lowest BCUT2D eigenvalue weighted by Crippen LogP contribution is -2.24. The molecule has 2 rings (SSSR count). The minimum Gasteiger partial charge on any atom is -0.371 e. The largest absolute Gasteiger partial charge is 0.371 e. The van der Waals surface area contributed by atoms with E-state index in [9.17, 15) is 4.79 Å². The third-order valence-corrected chi connectivity index (χ3v) is 3.45. The highest BCUT2D eigenvalue weighted by atomic mass is 16.1. The van der Waals surface area contributed by atoms with E-state index in [-0.39, 0.29) is 5.78 Å². The minimum atomic E-state index is 0.272. The van der Waals surface area contributed by atoms with Gasteiger partial charge >= 0.3 is 0 Å². The van der Waals surface area contributed by atoms with Crippen LogP contribution in [0.25, 0.3) is 10.8 Å². The van der Waals surface area contributed by atoms with Gasteiger partial charge in [0, 0.05) is 30.6 Å². The second-order valence-corrected chi connectivity index (χ2v) is 4.88. The molecule has 0 N–H and O–H groups in total. The van der Waals surface area contributed by atoms with Gasteiger partial charge in [-0.2, -0.15) is 0 Å². The van der Waals surface area contributed by atoms with Crippen molar-refractivity contribution in [2.45, 2.75) is 26.7 Å². The number of anilines is 1. The van der Waals surface area contributed by atoms with E-state index in [2.05, 4.69) is 54.3 Å². The first kappa shape index (κ1) is 13.6. The Kier molecular flexibility index (Phi) is 4.56. The van der Waals surface area contributed by atoms with Crippen LogP contribution in [0.15, 0.2) is 42.5 Å². The Balaban J connectivity index is 2.22. The summed E-state index contributed by atoms with van der Waals surface area (Å²) in [5.41, 5.74) is 1.27. The number of benzene rings is 2. The number of hydrogen-bond donors (Lipinski definition) is 0. The monoisotopic (exact) mass is 255 g/mol. The fraction of sp³-hybridized carbons (Fsp3) is 0.353. The summed E-state index contributed by atoms with van der Waals surface area (Å²) >= 11 is 0. The Morgan fingerprint density at radius 2 is 1.84 bits per heavy atom. The van der Waals surface area contributed by atoms with Gasteiger partial charge < -0.3 is 9.69 Å². The molecule has 0 amide bonds. The van der Waals surface area contributed by atoms with Gasteiger partial charge in [0.15, 0.2) is 0 Å². The fourth-order valence-electron chi connectivity index (χ4n) is 2.45. The van der Waals surface area contributed by atoms with E-state index in [4.69, 9.17) is 0 Å². The molecule has 0 radical (unpaired) electrons. The summed E-state index contributed by atoms with van der Waals surface area (Å²) in [6.45, 7) is 5.72. The summed E-state index contributed by atoms with van der Waals surface area (Å²) in [5, 5.41) is 2.56. The molecular weight excluding hydrogens is 234 g/mol. The minimum absolute atomic E-state index is 0.272. The molecule has 0 saturated heterocycles. The van der Waals surface area contributed by atoms with Gasteiger partial charge in [-0.1, -0.05) is 36.4 Å². The lowest BCUT2D eigenvalue weighted by molar-refractivity contribution is -0.117. The molecule has 2 aromatic rings. The lowest BCUT2D eigenvalue weighted by Gasteiger charge is -2.24. The second kappa shape index (κ2) is 6.37. The van der Waals surface area contributed by atoms with Crippen molar-refractivity contribution in [2.24, 2.45) is 0 Å². The van der Waals surface area contributed by atoms with Gasteiger partial charge in [-0.05, 0) is 31.7 Å². The van der Waals surface area contributed by atoms with Gasteiger partial charge in [-0.15, -0.1) is 0 Å². The van der Waals surface area contributed by atoms with Crippen LogP contribution >= 0.6 is 0 Å². The summed E-state index contributed by atoms with van der Waals surface area (Å²) in [5.74, 6) is 0.272. The van der Waals surface area contributed by atoms with Gasteiger partial charge in [0.2, 0.25) is 0 Å². The molecule has 19 heavy (non-hydrogen) atoms. The second-order valence-electron chi connectivity index (χ2n) is 4.88. The van der Waals surface area contributed by atoms with E-state index in [0.29, 0.717) is 6.42 Å². The van der Waals surface area contributed by atoms with Crippen LogP contribution in [0.2, 0.25) is 0 Å². The van der Waals surface area contributed by atoms with Crippen LogP contribution in [-0.4, -0.2) is 18.9 Å². The molecule has 2 heteroatoms. The maximum Gasteiger partial charge on any atom is 0.129 e. The van der Waals surface area contributed by atoms with Crippen LogP contribution in [0.5, 0.6) is 0 Å². The Bertz CT molecular complexity index is 557. The third kappa shape index (κ3) is 3.34. The number of rotatable bonds is 6. The average molecular weight is 255 g/mol. The molecule has 0 saturated carbocycles. The number of ketones is 1. The third-order valence-electron chi connectivity index (χ3n) is 3.45. The molecule has 0 aromatic heterocycles. The summed E-state index contributed by atoms with van der Waals surface area (Å²) in [6, 6.07) is 14.9. The molecule has 0 spiro atoms. The molecule has 0 aliphatic heterocycles. The molecular formula is C17H21NO. The number of fused-ring (bicyclic) bond motifs is 1. The molecule has 0 aliphatic carbocycles. The molecule has 0 unspecified atom stereocenters. The van der Waals surface area contributed by atoms with E-state index < -0.39 is 0 Å². The molecule has 0 fully saturated rings. The summed E-state index contributed by atoms with van der Waals surface area (Å²) < 4.78 is 0. The number of Topliss-reactive ketones (excluding diaryl/α,β-unsaturated/α-hetero) is 1. The predicted molar refractivity (Wildman–Crippen MR) is 81.8 cm³/mol. The number of carbonyl (C=O) groups excluding carboxylic acids is 1. The van der Waals surface area contributed by atoms with Crippen molar-refractivity contribution < 1.29 is 4.79 Å². The van der Waals surface area contributed by atoms with Gasteiger partial charge in [-0.3, -0.25) is 0 Å². The Hall–Kier alpha value is -1.83. The number of nitrogens with zero attached hydrogens (tertiary/aromatic N) is 1. The Morgan fingerprint density at radius 1 is 1.11 bits per heavy atom. The SMILES string of the molecule is CCN(CCCC(C)=O)c1cccc2ccccc12. The van der Waals surface area contributed by atoms with Crippen molar-refractivity contribution in [3.8, 4) is 0 Å².